The van der Waals surface area contributed by atoms with E-state index in [4.69, 9.17) is 5.84 Å². The van der Waals surface area contributed by atoms with Crippen molar-refractivity contribution in [2.24, 2.45) is 5.84 Å². The topological polar surface area (TPSA) is 55.9 Å². The van der Waals surface area contributed by atoms with Crippen LogP contribution >= 0.6 is 15.9 Å². The first-order valence-electron chi connectivity index (χ1n) is 6.98. The summed E-state index contributed by atoms with van der Waals surface area (Å²) in [4.78, 5) is 0. The predicted octanol–water partition coefficient (Wildman–Crippen LogP) is 2.73. The van der Waals surface area contributed by atoms with E-state index in [2.05, 4.69) is 26.5 Å². The molecule has 1 aromatic heterocycles. The van der Waals surface area contributed by atoms with Crippen molar-refractivity contribution in [1.29, 1.82) is 0 Å². The van der Waals surface area contributed by atoms with Crippen LogP contribution in [0.1, 0.15) is 23.9 Å². The van der Waals surface area contributed by atoms with Crippen LogP contribution in [-0.2, 0) is 19.4 Å². The molecule has 1 atom stereocenters. The summed E-state index contributed by atoms with van der Waals surface area (Å²) in [7, 11) is 0. The number of rotatable bonds is 6. The fourth-order valence-corrected chi connectivity index (χ4v) is 2.86. The number of aromatic nitrogens is 2. The molecule has 4 nitrogen and oxygen atoms in total. The summed E-state index contributed by atoms with van der Waals surface area (Å²) in [6, 6.07) is 6.73. The summed E-state index contributed by atoms with van der Waals surface area (Å²) in [5, 5.41) is 4.47. The van der Waals surface area contributed by atoms with Gasteiger partial charge in [-0.1, -0.05) is 18.2 Å². The summed E-state index contributed by atoms with van der Waals surface area (Å²) in [5.41, 5.74) is 5.48. The van der Waals surface area contributed by atoms with Gasteiger partial charge in [-0.25, -0.2) is 4.39 Å². The van der Waals surface area contributed by atoms with Gasteiger partial charge in [0.05, 0.1) is 15.9 Å². The lowest BCUT2D eigenvalue weighted by atomic mass is 10.0. The maximum atomic E-state index is 13.8. The van der Waals surface area contributed by atoms with Crippen molar-refractivity contribution in [3.8, 4) is 0 Å². The van der Waals surface area contributed by atoms with Gasteiger partial charge >= 0.3 is 0 Å². The molecule has 0 spiro atoms. The van der Waals surface area contributed by atoms with Gasteiger partial charge in [0.25, 0.3) is 0 Å². The molecule has 0 saturated carbocycles. The summed E-state index contributed by atoms with van der Waals surface area (Å²) in [5.74, 6) is 5.45. The highest BCUT2D eigenvalue weighted by molar-refractivity contribution is 9.10. The van der Waals surface area contributed by atoms with E-state index in [1.54, 1.807) is 12.1 Å². The highest BCUT2D eigenvalue weighted by Crippen LogP contribution is 2.23. The second kappa shape index (κ2) is 7.15. The lowest BCUT2D eigenvalue weighted by Gasteiger charge is -2.17. The zero-order valence-electron chi connectivity index (χ0n) is 12.2. The first kappa shape index (κ1) is 16.1. The summed E-state index contributed by atoms with van der Waals surface area (Å²) in [6.45, 7) is 4.80. The molecule has 0 saturated heterocycles. The van der Waals surface area contributed by atoms with Crippen LogP contribution in [0.3, 0.4) is 0 Å². The van der Waals surface area contributed by atoms with Crippen molar-refractivity contribution in [3.63, 3.8) is 0 Å². The van der Waals surface area contributed by atoms with Crippen molar-refractivity contribution in [1.82, 2.24) is 15.2 Å². The van der Waals surface area contributed by atoms with E-state index in [1.165, 1.54) is 6.07 Å². The Balaban J connectivity index is 2.18. The van der Waals surface area contributed by atoms with Gasteiger partial charge in [0.15, 0.2) is 0 Å². The third kappa shape index (κ3) is 3.70. The highest BCUT2D eigenvalue weighted by Gasteiger charge is 2.18. The minimum atomic E-state index is -0.197. The maximum absolute atomic E-state index is 13.8. The quantitative estimate of drug-likeness (QED) is 0.619. The molecule has 114 valence electrons. The van der Waals surface area contributed by atoms with Crippen molar-refractivity contribution in [3.05, 3.63) is 51.5 Å². The van der Waals surface area contributed by atoms with Gasteiger partial charge in [-0.2, -0.15) is 5.10 Å². The van der Waals surface area contributed by atoms with Gasteiger partial charge in [0.2, 0.25) is 0 Å². The van der Waals surface area contributed by atoms with E-state index in [0.717, 1.165) is 22.4 Å². The molecule has 1 unspecified atom stereocenters. The van der Waals surface area contributed by atoms with E-state index in [1.807, 2.05) is 24.6 Å². The number of nitrogens with zero attached hydrogens (tertiary/aromatic N) is 2. The van der Waals surface area contributed by atoms with E-state index in [9.17, 15) is 4.39 Å². The minimum absolute atomic E-state index is 0.0559. The number of benzene rings is 1. The number of hydrogen-bond donors (Lipinski definition) is 2. The van der Waals surface area contributed by atoms with Crippen LogP contribution < -0.4 is 11.3 Å². The molecule has 2 rings (SSSR count). The van der Waals surface area contributed by atoms with Crippen molar-refractivity contribution < 1.29 is 4.39 Å². The van der Waals surface area contributed by atoms with E-state index >= 15 is 0 Å². The van der Waals surface area contributed by atoms with Crippen LogP contribution in [0.25, 0.3) is 0 Å². The fourth-order valence-electron chi connectivity index (χ4n) is 2.42. The second-order valence-corrected chi connectivity index (χ2v) is 5.82. The Morgan fingerprint density at radius 3 is 2.71 bits per heavy atom. The van der Waals surface area contributed by atoms with Crippen LogP contribution in [0, 0.1) is 12.7 Å². The molecule has 0 aliphatic rings. The first-order chi connectivity index (χ1) is 10.1. The molecule has 3 N–H and O–H groups in total. The average Bonchev–Trinajstić information content (AvgIpc) is 2.76. The summed E-state index contributed by atoms with van der Waals surface area (Å²) < 4.78 is 16.7. The Kier molecular flexibility index (Phi) is 5.50. The van der Waals surface area contributed by atoms with Gasteiger partial charge in [-0.05, 0) is 47.8 Å². The van der Waals surface area contributed by atoms with Crippen LogP contribution in [0.4, 0.5) is 4.39 Å². The highest BCUT2D eigenvalue weighted by atomic mass is 79.9. The lowest BCUT2D eigenvalue weighted by molar-refractivity contribution is 0.484. The predicted molar refractivity (Wildman–Crippen MR) is 85.3 cm³/mol. The van der Waals surface area contributed by atoms with Crippen molar-refractivity contribution in [2.75, 3.05) is 0 Å². The molecule has 0 aliphatic carbocycles. The first-order valence-corrected chi connectivity index (χ1v) is 7.77. The van der Waals surface area contributed by atoms with E-state index in [0.29, 0.717) is 18.4 Å². The van der Waals surface area contributed by atoms with E-state index in [-0.39, 0.29) is 11.9 Å². The molecular weight excluding hydrogens is 335 g/mol. The van der Waals surface area contributed by atoms with Gasteiger partial charge in [0, 0.05) is 19.0 Å². The average molecular weight is 355 g/mol. The molecule has 0 bridgehead atoms. The Morgan fingerprint density at radius 2 is 2.10 bits per heavy atom. The standard InChI is InChI=1S/C15H20BrFN4/c1-3-21-14(15(16)10(2)20-21)9-12(19-18)8-11-6-4-5-7-13(11)17/h4-7,12,19H,3,8-9,18H2,1-2H3. The largest absolute Gasteiger partial charge is 0.271 e. The smallest absolute Gasteiger partial charge is 0.126 e. The molecule has 0 radical (unpaired) electrons. The normalized spacial score (nSPS) is 12.6. The van der Waals surface area contributed by atoms with Gasteiger partial charge in [-0.15, -0.1) is 0 Å². The number of nitrogens with one attached hydrogen (secondary N) is 1. The summed E-state index contributed by atoms with van der Waals surface area (Å²) in [6.07, 6.45) is 1.21. The number of hydrazine groups is 1. The molecule has 0 fully saturated rings. The molecule has 21 heavy (non-hydrogen) atoms. The van der Waals surface area contributed by atoms with Crippen LogP contribution in [0.2, 0.25) is 0 Å². The Hall–Kier alpha value is -1.24. The zero-order valence-corrected chi connectivity index (χ0v) is 13.8. The van der Waals surface area contributed by atoms with Crippen LogP contribution in [0.15, 0.2) is 28.7 Å². The third-order valence-electron chi connectivity index (χ3n) is 3.55. The fraction of sp³-hybridized carbons (Fsp3) is 0.400. The second-order valence-electron chi connectivity index (χ2n) is 5.03. The Bertz CT molecular complexity index is 612. The number of hydrogen-bond acceptors (Lipinski definition) is 3. The summed E-state index contributed by atoms with van der Waals surface area (Å²) >= 11 is 3.57. The molecule has 1 aromatic carbocycles. The Labute approximate surface area is 132 Å². The zero-order chi connectivity index (χ0) is 15.4. The number of halogens is 2. The lowest BCUT2D eigenvalue weighted by Crippen LogP contribution is -2.39. The number of aryl methyl sites for hydroxylation is 2. The van der Waals surface area contributed by atoms with Gasteiger partial charge < -0.3 is 0 Å². The molecule has 0 aliphatic heterocycles. The minimum Gasteiger partial charge on any atom is -0.271 e. The van der Waals surface area contributed by atoms with Gasteiger partial charge in [-0.3, -0.25) is 16.0 Å². The molecule has 0 amide bonds. The van der Waals surface area contributed by atoms with Crippen molar-refractivity contribution in [2.45, 2.75) is 39.3 Å². The molecule has 6 heteroatoms. The van der Waals surface area contributed by atoms with Crippen LogP contribution in [0.5, 0.6) is 0 Å². The molecule has 2 aromatic rings. The number of nitrogens with two attached hydrogens (primary N) is 1. The molecule has 1 heterocycles. The van der Waals surface area contributed by atoms with Crippen LogP contribution in [-0.4, -0.2) is 15.8 Å². The Morgan fingerprint density at radius 1 is 1.38 bits per heavy atom. The third-order valence-corrected chi connectivity index (χ3v) is 4.58. The SMILES string of the molecule is CCn1nc(C)c(Br)c1CC(Cc1ccccc1F)NN. The molecular formula is C15H20BrFN4. The maximum Gasteiger partial charge on any atom is 0.126 e. The van der Waals surface area contributed by atoms with Gasteiger partial charge in [0.1, 0.15) is 5.82 Å². The monoisotopic (exact) mass is 354 g/mol. The van der Waals surface area contributed by atoms with Crippen molar-refractivity contribution >= 4 is 15.9 Å². The van der Waals surface area contributed by atoms with E-state index < -0.39 is 0 Å².